The SMILES string of the molecule is Cc1cc(NC(=O)C2(C)CCCCN2)ccc1C(N)=O. The number of hydrogen-bond acceptors (Lipinski definition) is 3. The van der Waals surface area contributed by atoms with Crippen LogP contribution in [0.25, 0.3) is 0 Å². The number of carbonyl (C=O) groups is 2. The minimum Gasteiger partial charge on any atom is -0.366 e. The molecule has 0 bridgehead atoms. The Balaban J connectivity index is 2.12. The molecule has 2 rings (SSSR count). The standard InChI is InChI=1S/C15H21N3O2/c1-10-9-11(5-6-12(10)13(16)19)18-14(20)15(2)7-3-4-8-17-15/h5-6,9,17H,3-4,7-8H2,1-2H3,(H2,16,19)(H,18,20). The van der Waals surface area contributed by atoms with E-state index in [4.69, 9.17) is 5.73 Å². The first-order valence-electron chi connectivity index (χ1n) is 6.89. The molecule has 0 saturated carbocycles. The van der Waals surface area contributed by atoms with Gasteiger partial charge in [-0.1, -0.05) is 0 Å². The van der Waals surface area contributed by atoms with Gasteiger partial charge < -0.3 is 16.4 Å². The van der Waals surface area contributed by atoms with Gasteiger partial charge in [-0.3, -0.25) is 9.59 Å². The molecule has 1 aliphatic heterocycles. The van der Waals surface area contributed by atoms with Crippen molar-refractivity contribution in [1.29, 1.82) is 0 Å². The van der Waals surface area contributed by atoms with Crippen LogP contribution in [0, 0.1) is 6.92 Å². The van der Waals surface area contributed by atoms with E-state index in [2.05, 4.69) is 10.6 Å². The van der Waals surface area contributed by atoms with E-state index in [1.165, 1.54) is 0 Å². The first-order chi connectivity index (χ1) is 9.42. The Morgan fingerprint density at radius 3 is 2.65 bits per heavy atom. The van der Waals surface area contributed by atoms with Gasteiger partial charge in [0.2, 0.25) is 11.8 Å². The lowest BCUT2D eigenvalue weighted by Gasteiger charge is -2.33. The van der Waals surface area contributed by atoms with E-state index in [1.54, 1.807) is 25.1 Å². The van der Waals surface area contributed by atoms with Crippen LogP contribution in [-0.2, 0) is 4.79 Å². The Labute approximate surface area is 118 Å². The minimum absolute atomic E-state index is 0.0385. The molecule has 5 nitrogen and oxygen atoms in total. The van der Waals surface area contributed by atoms with E-state index in [9.17, 15) is 9.59 Å². The van der Waals surface area contributed by atoms with Crippen LogP contribution < -0.4 is 16.4 Å². The van der Waals surface area contributed by atoms with E-state index < -0.39 is 11.4 Å². The Morgan fingerprint density at radius 1 is 1.35 bits per heavy atom. The maximum atomic E-state index is 12.4. The first-order valence-corrected chi connectivity index (χ1v) is 6.89. The Kier molecular flexibility index (Phi) is 4.09. The Morgan fingerprint density at radius 2 is 2.10 bits per heavy atom. The van der Waals surface area contributed by atoms with Gasteiger partial charge in [0.15, 0.2) is 0 Å². The van der Waals surface area contributed by atoms with Crippen LogP contribution in [0.5, 0.6) is 0 Å². The molecule has 1 unspecified atom stereocenters. The molecule has 1 saturated heterocycles. The highest BCUT2D eigenvalue weighted by Crippen LogP contribution is 2.22. The molecule has 1 atom stereocenters. The number of nitrogens with two attached hydrogens (primary N) is 1. The van der Waals surface area contributed by atoms with Gasteiger partial charge in [0.1, 0.15) is 0 Å². The number of benzene rings is 1. The predicted octanol–water partition coefficient (Wildman–Crippen LogP) is 1.56. The lowest BCUT2D eigenvalue weighted by molar-refractivity contribution is -0.122. The molecule has 1 aromatic carbocycles. The maximum absolute atomic E-state index is 12.4. The number of carbonyl (C=O) groups excluding carboxylic acids is 2. The average molecular weight is 275 g/mol. The van der Waals surface area contributed by atoms with Gasteiger partial charge in [-0.05, 0) is 63.4 Å². The van der Waals surface area contributed by atoms with Crippen molar-refractivity contribution in [1.82, 2.24) is 5.32 Å². The highest BCUT2D eigenvalue weighted by atomic mass is 16.2. The minimum atomic E-state index is -0.519. The van der Waals surface area contributed by atoms with Crippen LogP contribution in [0.2, 0.25) is 0 Å². The monoisotopic (exact) mass is 275 g/mol. The predicted molar refractivity (Wildman–Crippen MR) is 78.6 cm³/mol. The maximum Gasteiger partial charge on any atom is 0.248 e. The smallest absolute Gasteiger partial charge is 0.248 e. The van der Waals surface area contributed by atoms with Crippen LogP contribution in [-0.4, -0.2) is 23.9 Å². The van der Waals surface area contributed by atoms with Crippen molar-refractivity contribution in [3.05, 3.63) is 29.3 Å². The Hall–Kier alpha value is -1.88. The molecule has 0 aliphatic carbocycles. The highest BCUT2D eigenvalue weighted by Gasteiger charge is 2.34. The second-order valence-corrected chi connectivity index (χ2v) is 5.56. The van der Waals surface area contributed by atoms with Gasteiger partial charge in [0.25, 0.3) is 0 Å². The average Bonchev–Trinajstić information content (AvgIpc) is 2.39. The summed E-state index contributed by atoms with van der Waals surface area (Å²) in [7, 11) is 0. The summed E-state index contributed by atoms with van der Waals surface area (Å²) in [6, 6.07) is 5.12. The largest absolute Gasteiger partial charge is 0.366 e. The van der Waals surface area contributed by atoms with Gasteiger partial charge >= 0.3 is 0 Å². The van der Waals surface area contributed by atoms with Gasteiger partial charge in [-0.2, -0.15) is 0 Å². The summed E-state index contributed by atoms with van der Waals surface area (Å²) in [6.07, 6.45) is 2.99. The molecule has 0 radical (unpaired) electrons. The third-order valence-corrected chi connectivity index (χ3v) is 3.87. The van der Waals surface area contributed by atoms with Gasteiger partial charge in [0.05, 0.1) is 5.54 Å². The first kappa shape index (κ1) is 14.5. The van der Waals surface area contributed by atoms with Crippen LogP contribution in [0.15, 0.2) is 18.2 Å². The molecule has 1 aromatic rings. The fourth-order valence-electron chi connectivity index (χ4n) is 2.54. The van der Waals surface area contributed by atoms with Crippen molar-refractivity contribution in [2.45, 2.75) is 38.6 Å². The lowest BCUT2D eigenvalue weighted by Crippen LogP contribution is -2.54. The van der Waals surface area contributed by atoms with Crippen molar-refractivity contribution in [2.24, 2.45) is 5.73 Å². The van der Waals surface area contributed by atoms with E-state index in [0.717, 1.165) is 31.4 Å². The van der Waals surface area contributed by atoms with Gasteiger partial charge in [-0.15, -0.1) is 0 Å². The van der Waals surface area contributed by atoms with Crippen molar-refractivity contribution < 1.29 is 9.59 Å². The number of amides is 2. The molecule has 4 N–H and O–H groups in total. The highest BCUT2D eigenvalue weighted by molar-refractivity contribution is 5.99. The van der Waals surface area contributed by atoms with Crippen LogP contribution in [0.4, 0.5) is 5.69 Å². The third-order valence-electron chi connectivity index (χ3n) is 3.87. The number of rotatable bonds is 3. The van der Waals surface area contributed by atoms with Crippen molar-refractivity contribution in [3.8, 4) is 0 Å². The van der Waals surface area contributed by atoms with Gasteiger partial charge in [0, 0.05) is 11.3 Å². The molecule has 2 amide bonds. The van der Waals surface area contributed by atoms with E-state index >= 15 is 0 Å². The topological polar surface area (TPSA) is 84.2 Å². The second kappa shape index (κ2) is 5.63. The van der Waals surface area contributed by atoms with Crippen LogP contribution in [0.1, 0.15) is 42.1 Å². The summed E-state index contributed by atoms with van der Waals surface area (Å²) in [5.74, 6) is -0.496. The summed E-state index contributed by atoms with van der Waals surface area (Å²) in [5, 5.41) is 6.18. The number of piperidine rings is 1. The van der Waals surface area contributed by atoms with E-state index in [1.807, 2.05) is 6.92 Å². The number of primary amides is 1. The van der Waals surface area contributed by atoms with E-state index in [0.29, 0.717) is 11.3 Å². The molecule has 5 heteroatoms. The van der Waals surface area contributed by atoms with Crippen molar-refractivity contribution in [2.75, 3.05) is 11.9 Å². The number of nitrogens with one attached hydrogen (secondary N) is 2. The fraction of sp³-hybridized carbons (Fsp3) is 0.467. The van der Waals surface area contributed by atoms with Crippen LogP contribution in [0.3, 0.4) is 0 Å². The molecule has 0 aromatic heterocycles. The zero-order valence-electron chi connectivity index (χ0n) is 12.0. The number of aryl methyl sites for hydroxylation is 1. The molecule has 0 spiro atoms. The van der Waals surface area contributed by atoms with Crippen molar-refractivity contribution >= 4 is 17.5 Å². The van der Waals surface area contributed by atoms with E-state index in [-0.39, 0.29) is 5.91 Å². The molecular weight excluding hydrogens is 254 g/mol. The number of hydrogen-bond donors (Lipinski definition) is 3. The Bertz CT molecular complexity index is 534. The summed E-state index contributed by atoms with van der Waals surface area (Å²) in [4.78, 5) is 23.5. The molecule has 108 valence electrons. The molecule has 1 heterocycles. The summed E-state index contributed by atoms with van der Waals surface area (Å²) < 4.78 is 0. The number of anilines is 1. The molecular formula is C15H21N3O2. The fourth-order valence-corrected chi connectivity index (χ4v) is 2.54. The normalized spacial score (nSPS) is 22.3. The second-order valence-electron chi connectivity index (χ2n) is 5.56. The third kappa shape index (κ3) is 2.99. The lowest BCUT2D eigenvalue weighted by atomic mass is 9.90. The summed E-state index contributed by atoms with van der Waals surface area (Å²) in [6.45, 7) is 4.59. The molecule has 1 fully saturated rings. The van der Waals surface area contributed by atoms with Crippen LogP contribution >= 0.6 is 0 Å². The van der Waals surface area contributed by atoms with Gasteiger partial charge in [-0.25, -0.2) is 0 Å². The zero-order chi connectivity index (χ0) is 14.8. The molecule has 1 aliphatic rings. The molecule has 20 heavy (non-hydrogen) atoms. The quantitative estimate of drug-likeness (QED) is 0.782. The zero-order valence-corrected chi connectivity index (χ0v) is 12.0. The summed E-state index contributed by atoms with van der Waals surface area (Å²) >= 11 is 0. The summed E-state index contributed by atoms with van der Waals surface area (Å²) in [5.41, 5.74) is 6.67. The van der Waals surface area contributed by atoms with Crippen molar-refractivity contribution in [3.63, 3.8) is 0 Å².